The Labute approximate surface area is 136 Å². The molecule has 1 saturated heterocycles. The Hall–Kier alpha value is -1.40. The van der Waals surface area contributed by atoms with E-state index < -0.39 is 0 Å². The van der Waals surface area contributed by atoms with Gasteiger partial charge in [0.15, 0.2) is 0 Å². The first kappa shape index (κ1) is 17.0. The number of hydrogen-bond acceptors (Lipinski definition) is 4. The molecule has 2 heterocycles. The molecule has 0 bridgehead atoms. The Kier molecular flexibility index (Phi) is 5.97. The van der Waals surface area contributed by atoms with Crippen molar-refractivity contribution < 1.29 is 9.59 Å². The van der Waals surface area contributed by atoms with E-state index in [1.807, 2.05) is 31.6 Å². The number of carbonyl (C=O) groups excluding carboxylic acids is 2. The minimum absolute atomic E-state index is 0.0662. The highest BCUT2D eigenvalue weighted by molar-refractivity contribution is 7.10. The van der Waals surface area contributed by atoms with Crippen molar-refractivity contribution in [3.05, 3.63) is 22.4 Å². The first-order valence-corrected chi connectivity index (χ1v) is 8.60. The van der Waals surface area contributed by atoms with Crippen molar-refractivity contribution in [1.82, 2.24) is 15.1 Å². The van der Waals surface area contributed by atoms with Crippen LogP contribution in [-0.2, 0) is 9.59 Å². The summed E-state index contributed by atoms with van der Waals surface area (Å²) in [7, 11) is 5.85. The molecule has 1 aromatic heterocycles. The molecule has 1 fully saturated rings. The maximum atomic E-state index is 12.5. The lowest BCUT2D eigenvalue weighted by molar-refractivity contribution is -0.141. The predicted octanol–water partition coefficient (Wildman–Crippen LogP) is 1.73. The second kappa shape index (κ2) is 7.74. The zero-order valence-corrected chi connectivity index (χ0v) is 14.4. The van der Waals surface area contributed by atoms with E-state index in [9.17, 15) is 9.59 Å². The Bertz CT molecular complexity index is 501. The molecule has 0 spiro atoms. The van der Waals surface area contributed by atoms with Crippen LogP contribution in [-0.4, -0.2) is 55.8 Å². The average molecular weight is 323 g/mol. The summed E-state index contributed by atoms with van der Waals surface area (Å²) in [6.45, 7) is 1.64. The third-order valence-corrected chi connectivity index (χ3v) is 5.06. The normalized spacial score (nSPS) is 22.2. The molecule has 1 N–H and O–H groups in total. The van der Waals surface area contributed by atoms with Crippen LogP contribution >= 0.6 is 11.3 Å². The van der Waals surface area contributed by atoms with Crippen molar-refractivity contribution in [2.45, 2.75) is 25.3 Å². The summed E-state index contributed by atoms with van der Waals surface area (Å²) in [4.78, 5) is 29.5. The van der Waals surface area contributed by atoms with E-state index in [0.29, 0.717) is 19.4 Å². The van der Waals surface area contributed by atoms with Gasteiger partial charge >= 0.3 is 0 Å². The number of nitrogens with one attached hydrogen (secondary N) is 1. The van der Waals surface area contributed by atoms with Gasteiger partial charge in [-0.25, -0.2) is 0 Å². The molecule has 5 nitrogen and oxygen atoms in total. The maximum Gasteiger partial charge on any atom is 0.225 e. The molecule has 0 saturated carbocycles. The van der Waals surface area contributed by atoms with Gasteiger partial charge in [-0.1, -0.05) is 6.07 Å². The largest absolute Gasteiger partial charge is 0.356 e. The number of rotatable bonds is 6. The summed E-state index contributed by atoms with van der Waals surface area (Å²) in [5, 5.41) is 5.03. The van der Waals surface area contributed by atoms with E-state index in [1.165, 1.54) is 0 Å². The van der Waals surface area contributed by atoms with E-state index in [0.717, 1.165) is 17.8 Å². The SMILES string of the molecule is CN(C)CCCNC(=O)[C@H]1CCC(=O)N(C)[C@@H]1c1cccs1. The number of carbonyl (C=O) groups is 2. The first-order chi connectivity index (χ1) is 10.5. The van der Waals surface area contributed by atoms with Crippen molar-refractivity contribution in [1.29, 1.82) is 0 Å². The fraction of sp³-hybridized carbons (Fsp3) is 0.625. The van der Waals surface area contributed by atoms with Crippen molar-refractivity contribution in [2.75, 3.05) is 34.2 Å². The first-order valence-electron chi connectivity index (χ1n) is 7.72. The lowest BCUT2D eigenvalue weighted by Gasteiger charge is -2.37. The smallest absolute Gasteiger partial charge is 0.225 e. The van der Waals surface area contributed by atoms with Crippen LogP contribution in [0.1, 0.15) is 30.2 Å². The number of piperidine rings is 1. The zero-order valence-electron chi connectivity index (χ0n) is 13.5. The lowest BCUT2D eigenvalue weighted by Crippen LogP contribution is -2.46. The second-order valence-electron chi connectivity index (χ2n) is 6.06. The lowest BCUT2D eigenvalue weighted by atomic mass is 9.87. The van der Waals surface area contributed by atoms with Gasteiger partial charge in [-0.3, -0.25) is 9.59 Å². The van der Waals surface area contributed by atoms with Gasteiger partial charge in [0, 0.05) is 24.9 Å². The number of nitrogens with zero attached hydrogens (tertiary/aromatic N) is 2. The van der Waals surface area contributed by atoms with Crippen molar-refractivity contribution in [2.24, 2.45) is 5.92 Å². The van der Waals surface area contributed by atoms with Crippen LogP contribution in [0.5, 0.6) is 0 Å². The Balaban J connectivity index is 2.00. The van der Waals surface area contributed by atoms with E-state index in [4.69, 9.17) is 0 Å². The highest BCUT2D eigenvalue weighted by Crippen LogP contribution is 2.37. The number of likely N-dealkylation sites (tertiary alicyclic amines) is 1. The maximum absolute atomic E-state index is 12.5. The topological polar surface area (TPSA) is 52.7 Å². The summed E-state index contributed by atoms with van der Waals surface area (Å²) in [6.07, 6.45) is 2.02. The van der Waals surface area contributed by atoms with E-state index in [2.05, 4.69) is 10.2 Å². The van der Waals surface area contributed by atoms with Gasteiger partial charge in [0.1, 0.15) is 0 Å². The van der Waals surface area contributed by atoms with Crippen LogP contribution in [0.4, 0.5) is 0 Å². The van der Waals surface area contributed by atoms with Crippen molar-refractivity contribution >= 4 is 23.2 Å². The van der Waals surface area contributed by atoms with Crippen molar-refractivity contribution in [3.8, 4) is 0 Å². The minimum atomic E-state index is -0.152. The molecule has 22 heavy (non-hydrogen) atoms. The van der Waals surface area contributed by atoms with E-state index in [1.54, 1.807) is 23.3 Å². The molecule has 0 unspecified atom stereocenters. The van der Waals surface area contributed by atoms with Gasteiger partial charge in [0.25, 0.3) is 0 Å². The van der Waals surface area contributed by atoms with Gasteiger partial charge in [-0.2, -0.15) is 0 Å². The highest BCUT2D eigenvalue weighted by Gasteiger charge is 2.39. The van der Waals surface area contributed by atoms with Gasteiger partial charge in [-0.05, 0) is 44.9 Å². The molecule has 2 atom stereocenters. The summed E-state index contributed by atoms with van der Waals surface area (Å²) in [5.41, 5.74) is 0. The molecule has 0 aromatic carbocycles. The number of hydrogen-bond donors (Lipinski definition) is 1. The molecule has 0 radical (unpaired) electrons. The summed E-state index contributed by atoms with van der Waals surface area (Å²) >= 11 is 1.61. The molecule has 1 aliphatic heterocycles. The second-order valence-corrected chi connectivity index (χ2v) is 7.04. The van der Waals surface area contributed by atoms with Crippen LogP contribution in [0.3, 0.4) is 0 Å². The standard InChI is InChI=1S/C16H25N3O2S/c1-18(2)10-5-9-17-16(21)12-7-8-14(20)19(3)15(12)13-6-4-11-22-13/h4,6,11-12,15H,5,7-10H2,1-3H3,(H,17,21)/t12-,15-/m0/s1. The quantitative estimate of drug-likeness (QED) is 0.811. The molecule has 122 valence electrons. The fourth-order valence-corrected chi connectivity index (χ4v) is 3.83. The van der Waals surface area contributed by atoms with E-state index >= 15 is 0 Å². The Morgan fingerprint density at radius 3 is 2.91 bits per heavy atom. The van der Waals surface area contributed by atoms with Crippen LogP contribution in [0.25, 0.3) is 0 Å². The molecule has 1 aliphatic rings. The third kappa shape index (κ3) is 4.08. The van der Waals surface area contributed by atoms with Gasteiger partial charge in [0.05, 0.1) is 12.0 Å². The minimum Gasteiger partial charge on any atom is -0.356 e. The molecular weight excluding hydrogens is 298 g/mol. The average Bonchev–Trinajstić information content (AvgIpc) is 2.99. The number of thiophene rings is 1. The Morgan fingerprint density at radius 2 is 2.27 bits per heavy atom. The predicted molar refractivity (Wildman–Crippen MR) is 88.7 cm³/mol. The monoisotopic (exact) mass is 323 g/mol. The van der Waals surface area contributed by atoms with Crippen LogP contribution in [0.15, 0.2) is 17.5 Å². The fourth-order valence-electron chi connectivity index (χ4n) is 2.90. The molecule has 1 aromatic rings. The van der Waals surface area contributed by atoms with Gasteiger partial charge < -0.3 is 15.1 Å². The summed E-state index contributed by atoms with van der Waals surface area (Å²) in [5.74, 6) is 0.0345. The number of amides is 2. The molecule has 6 heteroatoms. The van der Waals surface area contributed by atoms with Crippen LogP contribution < -0.4 is 5.32 Å². The Morgan fingerprint density at radius 1 is 1.50 bits per heavy atom. The molecule has 2 rings (SSSR count). The van der Waals surface area contributed by atoms with Crippen LogP contribution in [0, 0.1) is 5.92 Å². The van der Waals surface area contributed by atoms with E-state index in [-0.39, 0.29) is 23.8 Å². The molecule has 0 aliphatic carbocycles. The zero-order chi connectivity index (χ0) is 16.1. The van der Waals surface area contributed by atoms with Crippen molar-refractivity contribution in [3.63, 3.8) is 0 Å². The highest BCUT2D eigenvalue weighted by atomic mass is 32.1. The molecule has 2 amide bonds. The summed E-state index contributed by atoms with van der Waals surface area (Å²) < 4.78 is 0. The van der Waals surface area contributed by atoms with Gasteiger partial charge in [0.2, 0.25) is 11.8 Å². The van der Waals surface area contributed by atoms with Crippen LogP contribution in [0.2, 0.25) is 0 Å². The third-order valence-electron chi connectivity index (χ3n) is 4.11. The summed E-state index contributed by atoms with van der Waals surface area (Å²) in [6, 6.07) is 3.85. The van der Waals surface area contributed by atoms with Gasteiger partial charge in [-0.15, -0.1) is 11.3 Å². The molecular formula is C16H25N3O2S.